The minimum Gasteiger partial charge on any atom is -0.344 e. The Morgan fingerprint density at radius 3 is 2.46 bits per heavy atom. The van der Waals surface area contributed by atoms with Gasteiger partial charge >= 0.3 is 0 Å². The Morgan fingerprint density at radius 1 is 0.800 bits per heavy atom. The molecule has 2 heterocycles. The van der Waals surface area contributed by atoms with Gasteiger partial charge in [0.05, 0.1) is 0 Å². The number of rotatable bonds is 5. The molecule has 186 valence electrons. The fraction of sp³-hybridized carbons (Fsp3) is 0.562. The number of nitrogens with one attached hydrogen (secondary N) is 2. The SMILES string of the molecule is Cc1cccc(-c2ccc3c(c2)c(C2CCCC(NC4CCNCC4)C2)cn3C2CCCCC2)c1. The van der Waals surface area contributed by atoms with E-state index in [2.05, 4.69) is 70.8 Å². The van der Waals surface area contributed by atoms with Crippen LogP contribution in [0.2, 0.25) is 0 Å². The van der Waals surface area contributed by atoms with Gasteiger partial charge in [0.1, 0.15) is 0 Å². The highest BCUT2D eigenvalue weighted by molar-refractivity contribution is 5.89. The second-order valence-corrected chi connectivity index (χ2v) is 11.6. The van der Waals surface area contributed by atoms with Crippen LogP contribution in [-0.4, -0.2) is 29.7 Å². The molecule has 0 radical (unpaired) electrons. The molecule has 1 aromatic heterocycles. The number of aromatic nitrogens is 1. The van der Waals surface area contributed by atoms with Crippen molar-refractivity contribution in [3.63, 3.8) is 0 Å². The number of aryl methyl sites for hydroxylation is 1. The van der Waals surface area contributed by atoms with Crippen molar-refractivity contribution in [3.05, 3.63) is 59.8 Å². The first-order valence-corrected chi connectivity index (χ1v) is 14.4. The molecule has 1 aliphatic heterocycles. The summed E-state index contributed by atoms with van der Waals surface area (Å²) in [6.45, 7) is 4.54. The van der Waals surface area contributed by atoms with Gasteiger partial charge in [-0.2, -0.15) is 0 Å². The number of hydrogen-bond donors (Lipinski definition) is 2. The first-order valence-electron chi connectivity index (χ1n) is 14.4. The maximum absolute atomic E-state index is 4.07. The Bertz CT molecular complexity index is 1130. The molecule has 0 spiro atoms. The summed E-state index contributed by atoms with van der Waals surface area (Å²) in [5.74, 6) is 0.670. The topological polar surface area (TPSA) is 29.0 Å². The van der Waals surface area contributed by atoms with Crippen molar-refractivity contribution >= 4 is 10.9 Å². The van der Waals surface area contributed by atoms with Crippen LogP contribution in [0.25, 0.3) is 22.0 Å². The summed E-state index contributed by atoms with van der Waals surface area (Å²) >= 11 is 0. The normalized spacial score (nSPS) is 24.7. The lowest BCUT2D eigenvalue weighted by molar-refractivity contribution is 0.281. The maximum atomic E-state index is 4.07. The van der Waals surface area contributed by atoms with Crippen LogP contribution in [-0.2, 0) is 0 Å². The standard InChI is InChI=1S/C32H43N3/c1-23-7-5-8-24(19-23)25-13-14-32-30(21-25)31(22-35(32)29-11-3-2-4-12-29)26-9-6-10-28(20-26)34-27-15-17-33-18-16-27/h5,7-8,13-14,19,21-22,26-29,33-34H,2-4,6,9-12,15-18,20H2,1H3. The predicted molar refractivity (Wildman–Crippen MR) is 148 cm³/mol. The molecule has 2 aromatic carbocycles. The Morgan fingerprint density at radius 2 is 1.63 bits per heavy atom. The molecule has 3 nitrogen and oxygen atoms in total. The van der Waals surface area contributed by atoms with Crippen LogP contribution in [0.15, 0.2) is 48.7 Å². The third-order valence-corrected chi connectivity index (χ3v) is 9.11. The van der Waals surface area contributed by atoms with Crippen LogP contribution < -0.4 is 10.6 Å². The van der Waals surface area contributed by atoms with Crippen LogP contribution in [0.5, 0.6) is 0 Å². The van der Waals surface area contributed by atoms with Gasteiger partial charge in [0, 0.05) is 35.2 Å². The van der Waals surface area contributed by atoms with Crippen molar-refractivity contribution < 1.29 is 0 Å². The summed E-state index contributed by atoms with van der Waals surface area (Å²) in [6.07, 6.45) is 17.3. The first-order chi connectivity index (χ1) is 17.2. The summed E-state index contributed by atoms with van der Waals surface area (Å²) in [5.41, 5.74) is 7.14. The van der Waals surface area contributed by atoms with E-state index in [4.69, 9.17) is 0 Å². The van der Waals surface area contributed by atoms with Gasteiger partial charge in [-0.15, -0.1) is 0 Å². The zero-order valence-electron chi connectivity index (χ0n) is 21.6. The molecule has 2 saturated carbocycles. The number of hydrogen-bond acceptors (Lipinski definition) is 2. The maximum Gasteiger partial charge on any atom is 0.0486 e. The quantitative estimate of drug-likeness (QED) is 0.405. The molecule has 3 heteroatoms. The minimum absolute atomic E-state index is 0.670. The highest BCUT2D eigenvalue weighted by Gasteiger charge is 2.29. The van der Waals surface area contributed by atoms with Gasteiger partial charge in [0.25, 0.3) is 0 Å². The summed E-state index contributed by atoms with van der Waals surface area (Å²) in [4.78, 5) is 0. The number of benzene rings is 2. The van der Waals surface area contributed by atoms with Crippen LogP contribution in [0.1, 0.15) is 93.7 Å². The monoisotopic (exact) mass is 469 g/mol. The fourth-order valence-corrected chi connectivity index (χ4v) is 7.22. The molecule has 3 aromatic rings. The number of nitrogens with zero attached hydrogens (tertiary/aromatic N) is 1. The number of piperidine rings is 1. The zero-order valence-corrected chi connectivity index (χ0v) is 21.6. The van der Waals surface area contributed by atoms with Gasteiger partial charge < -0.3 is 15.2 Å². The van der Waals surface area contributed by atoms with E-state index < -0.39 is 0 Å². The van der Waals surface area contributed by atoms with Crippen molar-refractivity contribution in [2.75, 3.05) is 13.1 Å². The molecule has 3 aliphatic rings. The Hall–Kier alpha value is -2.10. The van der Waals surface area contributed by atoms with E-state index in [0.29, 0.717) is 24.0 Å². The summed E-state index contributed by atoms with van der Waals surface area (Å²) in [7, 11) is 0. The Kier molecular flexibility index (Phi) is 6.98. The van der Waals surface area contributed by atoms with E-state index in [1.165, 1.54) is 111 Å². The highest BCUT2D eigenvalue weighted by Crippen LogP contribution is 2.42. The van der Waals surface area contributed by atoms with E-state index in [1.807, 2.05) is 0 Å². The average molecular weight is 470 g/mol. The molecule has 2 aliphatic carbocycles. The molecule has 2 N–H and O–H groups in total. The van der Waals surface area contributed by atoms with Crippen molar-refractivity contribution in [1.29, 1.82) is 0 Å². The highest BCUT2D eigenvalue weighted by atomic mass is 15.0. The fourth-order valence-electron chi connectivity index (χ4n) is 7.22. The largest absolute Gasteiger partial charge is 0.344 e. The van der Waals surface area contributed by atoms with Crippen LogP contribution in [0, 0.1) is 6.92 Å². The van der Waals surface area contributed by atoms with Crippen LogP contribution >= 0.6 is 0 Å². The number of fused-ring (bicyclic) bond motifs is 1. The van der Waals surface area contributed by atoms with Gasteiger partial charge in [-0.3, -0.25) is 0 Å². The van der Waals surface area contributed by atoms with E-state index in [-0.39, 0.29) is 0 Å². The second-order valence-electron chi connectivity index (χ2n) is 11.6. The first kappa shape index (κ1) is 23.3. The molecule has 1 saturated heterocycles. The lowest BCUT2D eigenvalue weighted by Gasteiger charge is -2.34. The van der Waals surface area contributed by atoms with Gasteiger partial charge in [0.2, 0.25) is 0 Å². The molecule has 3 fully saturated rings. The second kappa shape index (κ2) is 10.5. The molecule has 0 amide bonds. The minimum atomic E-state index is 0.670. The Labute approximate surface area is 211 Å². The molecular formula is C32H43N3. The Balaban J connectivity index is 1.34. The van der Waals surface area contributed by atoms with E-state index in [9.17, 15) is 0 Å². The van der Waals surface area contributed by atoms with Crippen LogP contribution in [0.3, 0.4) is 0 Å². The van der Waals surface area contributed by atoms with Crippen molar-refractivity contribution in [1.82, 2.24) is 15.2 Å². The molecule has 35 heavy (non-hydrogen) atoms. The van der Waals surface area contributed by atoms with E-state index in [0.717, 1.165) is 0 Å². The predicted octanol–water partition coefficient (Wildman–Crippen LogP) is 7.49. The molecule has 2 unspecified atom stereocenters. The summed E-state index contributed by atoms with van der Waals surface area (Å²) < 4.78 is 2.69. The average Bonchev–Trinajstić information content (AvgIpc) is 3.29. The third-order valence-electron chi connectivity index (χ3n) is 9.11. The van der Waals surface area contributed by atoms with Crippen molar-refractivity contribution in [2.45, 2.75) is 102 Å². The van der Waals surface area contributed by atoms with Gasteiger partial charge in [-0.25, -0.2) is 0 Å². The van der Waals surface area contributed by atoms with Crippen molar-refractivity contribution in [2.24, 2.45) is 0 Å². The summed E-state index contributed by atoms with van der Waals surface area (Å²) in [6, 6.07) is 18.4. The van der Waals surface area contributed by atoms with Crippen molar-refractivity contribution in [3.8, 4) is 11.1 Å². The smallest absolute Gasteiger partial charge is 0.0486 e. The van der Waals surface area contributed by atoms with Crippen LogP contribution in [0.4, 0.5) is 0 Å². The van der Waals surface area contributed by atoms with E-state index in [1.54, 1.807) is 5.56 Å². The molecule has 6 rings (SSSR count). The molecule has 0 bridgehead atoms. The van der Waals surface area contributed by atoms with Gasteiger partial charge in [-0.1, -0.05) is 61.6 Å². The molecular weight excluding hydrogens is 426 g/mol. The zero-order chi connectivity index (χ0) is 23.6. The third kappa shape index (κ3) is 5.08. The lowest BCUT2D eigenvalue weighted by atomic mass is 9.80. The lowest BCUT2D eigenvalue weighted by Crippen LogP contribution is -2.46. The molecule has 2 atom stereocenters. The summed E-state index contributed by atoms with van der Waals surface area (Å²) in [5, 5.41) is 9.11. The van der Waals surface area contributed by atoms with E-state index >= 15 is 0 Å². The van der Waals surface area contributed by atoms with Gasteiger partial charge in [-0.05, 0) is 99.7 Å². The van der Waals surface area contributed by atoms with Gasteiger partial charge in [0.15, 0.2) is 0 Å².